The number of epoxide rings is 1. The van der Waals surface area contributed by atoms with E-state index in [0.29, 0.717) is 53.2 Å². The average molecular weight is 857 g/mol. The molecule has 0 aromatic heterocycles. The van der Waals surface area contributed by atoms with Gasteiger partial charge in [-0.15, -0.1) is 0 Å². The van der Waals surface area contributed by atoms with Crippen molar-refractivity contribution in [3.05, 3.63) is 88.5 Å². The number of aliphatic hydroxyl groups excluding tert-OH is 1. The van der Waals surface area contributed by atoms with E-state index in [-0.39, 0.29) is 38.3 Å². The Hall–Kier alpha value is -4.36. The number of nitrogens with one attached hydrogen (secondary N) is 2. The van der Waals surface area contributed by atoms with Crippen LogP contribution in [0.4, 0.5) is 0 Å². The Kier molecular flexibility index (Phi) is 16.6. The molecule has 7 atom stereocenters. The predicted molar refractivity (Wildman–Crippen MR) is 236 cm³/mol. The number of ether oxygens (including phenoxy) is 5. The number of fused-ring (bicyclic) bond motifs is 2. The summed E-state index contributed by atoms with van der Waals surface area (Å²) in [5, 5.41) is 15.7. The third kappa shape index (κ3) is 13.6. The second-order valence-corrected chi connectivity index (χ2v) is 18.5. The summed E-state index contributed by atoms with van der Waals surface area (Å²) in [7, 11) is 0. The van der Waals surface area contributed by atoms with Gasteiger partial charge in [0.1, 0.15) is 23.9 Å². The van der Waals surface area contributed by atoms with Crippen LogP contribution in [0.25, 0.3) is 6.08 Å². The van der Waals surface area contributed by atoms with Crippen molar-refractivity contribution in [2.24, 2.45) is 5.92 Å². The van der Waals surface area contributed by atoms with Gasteiger partial charge in [-0.3, -0.25) is 14.4 Å². The molecule has 2 amide bonds. The van der Waals surface area contributed by atoms with Crippen LogP contribution in [0.5, 0.6) is 0 Å². The lowest BCUT2D eigenvalue weighted by Gasteiger charge is -2.31. The van der Waals surface area contributed by atoms with Gasteiger partial charge in [0.15, 0.2) is 5.79 Å². The summed E-state index contributed by atoms with van der Waals surface area (Å²) in [4.78, 5) is 53.1. The van der Waals surface area contributed by atoms with Crippen LogP contribution in [0, 0.1) is 5.92 Å². The quantitative estimate of drug-likeness (QED) is 0.0633. The molecule has 2 saturated heterocycles. The fraction of sp³-hybridized carbons (Fsp3) is 0.600. The Labute approximate surface area is 367 Å². The van der Waals surface area contributed by atoms with Gasteiger partial charge in [0, 0.05) is 43.4 Å². The smallest absolute Gasteiger partial charge is 0.338 e. The summed E-state index contributed by atoms with van der Waals surface area (Å²) in [6.07, 6.45) is 16.3. The fourth-order valence-electron chi connectivity index (χ4n) is 8.67. The summed E-state index contributed by atoms with van der Waals surface area (Å²) in [6.45, 7) is 9.46. The first kappa shape index (κ1) is 47.1. The van der Waals surface area contributed by atoms with Crippen molar-refractivity contribution < 1.29 is 48.0 Å². The molecule has 4 aliphatic rings. The third-order valence-corrected chi connectivity index (χ3v) is 12.1. The first-order chi connectivity index (χ1) is 29.8. The van der Waals surface area contributed by atoms with Crippen molar-refractivity contribution in [1.29, 1.82) is 0 Å². The summed E-state index contributed by atoms with van der Waals surface area (Å²) in [6, 6.07) is 13.6. The van der Waals surface area contributed by atoms with Crippen molar-refractivity contribution in [2.75, 3.05) is 6.61 Å². The molecular weight excluding hydrogens is 789 g/mol. The third-order valence-electron chi connectivity index (χ3n) is 12.1. The number of esters is 2. The van der Waals surface area contributed by atoms with E-state index in [9.17, 15) is 24.3 Å². The van der Waals surface area contributed by atoms with Crippen LogP contribution in [0.1, 0.15) is 156 Å². The second-order valence-electron chi connectivity index (χ2n) is 18.5. The van der Waals surface area contributed by atoms with E-state index >= 15 is 0 Å². The van der Waals surface area contributed by atoms with Gasteiger partial charge >= 0.3 is 11.9 Å². The van der Waals surface area contributed by atoms with Crippen molar-refractivity contribution in [2.45, 2.75) is 179 Å². The van der Waals surface area contributed by atoms with Gasteiger partial charge in [0.2, 0.25) is 5.91 Å². The minimum absolute atomic E-state index is 0.0466. The molecule has 3 fully saturated rings. The standard InChI is InChI=1S/C50H68N2O10/c1-6-8-10-25-50(26-11-9-7-2)60-43-30-38(46(55)51-31-35-13-12-14-37(27-35)47(56)52-39(32-53)22-24-44(54)61-49(3,4)5)29-42(45(43)62-50)59-48(57)36-20-17-33(18-21-36)15-16-34-19-23-40-41(28-34)58-40/h12-18,20-21,27,30,34,39-43,45,53H,6-11,19,22-26,28-29,31-32H2,1-5H3,(H,51,55)(H,52,56)/t34?,39-,40?,41?,42+,43+,45-/m0/s1. The van der Waals surface area contributed by atoms with Crippen LogP contribution in [-0.4, -0.2) is 83.4 Å². The lowest BCUT2D eigenvalue weighted by atomic mass is 9.89. The Morgan fingerprint density at radius 2 is 1.66 bits per heavy atom. The monoisotopic (exact) mass is 856 g/mol. The van der Waals surface area contributed by atoms with Crippen LogP contribution in [0.2, 0.25) is 0 Å². The van der Waals surface area contributed by atoms with Crippen LogP contribution in [0.3, 0.4) is 0 Å². The first-order valence-corrected chi connectivity index (χ1v) is 23.0. The molecule has 6 rings (SSSR count). The van der Waals surface area contributed by atoms with Gasteiger partial charge in [-0.2, -0.15) is 0 Å². The number of carbonyl (C=O) groups excluding carboxylic acids is 4. The highest BCUT2D eigenvalue weighted by Gasteiger charge is 2.52. The SMILES string of the molecule is CCCCCC1(CCCCC)O[C@@H]2[C@@H](C=C(C(=O)NCc3cccc(C(=O)N[C@H](CO)CCC(=O)OC(C)(C)C)c3)C[C@H]2OC(=O)c2ccc(C=CC3CCC4OC4C3)cc2)O1. The van der Waals surface area contributed by atoms with Crippen molar-refractivity contribution in [3.63, 3.8) is 0 Å². The highest BCUT2D eigenvalue weighted by molar-refractivity contribution is 5.95. The number of allylic oxidation sites excluding steroid dienone is 1. The van der Waals surface area contributed by atoms with Crippen molar-refractivity contribution in [1.82, 2.24) is 10.6 Å². The maximum Gasteiger partial charge on any atom is 0.338 e. The minimum Gasteiger partial charge on any atom is -0.460 e. The van der Waals surface area contributed by atoms with Crippen LogP contribution >= 0.6 is 0 Å². The second kappa shape index (κ2) is 21.8. The molecule has 0 radical (unpaired) electrons. The van der Waals surface area contributed by atoms with Crippen LogP contribution in [-0.2, 0) is 39.8 Å². The number of carbonyl (C=O) groups is 4. The van der Waals surface area contributed by atoms with E-state index in [1.54, 1.807) is 51.1 Å². The normalized spacial score (nSPS) is 24.3. The number of hydrogen-bond donors (Lipinski definition) is 3. The zero-order chi connectivity index (χ0) is 44.3. The van der Waals surface area contributed by atoms with Gasteiger partial charge in [-0.05, 0) is 107 Å². The van der Waals surface area contributed by atoms with Gasteiger partial charge < -0.3 is 39.4 Å². The average Bonchev–Trinajstić information content (AvgIpc) is 3.94. The van der Waals surface area contributed by atoms with Crippen molar-refractivity contribution >= 4 is 29.8 Å². The Bertz CT molecular complexity index is 1890. The zero-order valence-electron chi connectivity index (χ0n) is 37.3. The molecule has 62 heavy (non-hydrogen) atoms. The van der Waals surface area contributed by atoms with Crippen LogP contribution < -0.4 is 10.6 Å². The number of unbranched alkanes of at least 4 members (excludes halogenated alkanes) is 4. The Morgan fingerprint density at radius 1 is 0.919 bits per heavy atom. The summed E-state index contributed by atoms with van der Waals surface area (Å²) in [5.41, 5.74) is 2.26. The highest BCUT2D eigenvalue weighted by Crippen LogP contribution is 2.43. The molecule has 338 valence electrons. The fourth-order valence-corrected chi connectivity index (χ4v) is 8.67. The maximum absolute atomic E-state index is 13.9. The molecule has 2 aliphatic carbocycles. The van der Waals surface area contributed by atoms with Gasteiger partial charge in [-0.1, -0.05) is 75.9 Å². The number of rotatable bonds is 21. The number of hydrogen-bond acceptors (Lipinski definition) is 10. The van der Waals surface area contributed by atoms with Gasteiger partial charge in [-0.25, -0.2) is 4.79 Å². The molecule has 2 aromatic rings. The van der Waals surface area contributed by atoms with E-state index in [4.69, 9.17) is 23.7 Å². The van der Waals surface area contributed by atoms with E-state index in [1.165, 1.54) is 0 Å². The predicted octanol–water partition coefficient (Wildman–Crippen LogP) is 8.29. The molecule has 12 heteroatoms. The van der Waals surface area contributed by atoms with Crippen LogP contribution in [0.15, 0.2) is 66.3 Å². The molecule has 3 unspecified atom stereocenters. The lowest BCUT2D eigenvalue weighted by molar-refractivity contribution is -0.190. The zero-order valence-corrected chi connectivity index (χ0v) is 37.3. The summed E-state index contributed by atoms with van der Waals surface area (Å²) < 4.78 is 30.9. The maximum atomic E-state index is 13.9. The summed E-state index contributed by atoms with van der Waals surface area (Å²) >= 11 is 0. The molecule has 0 bridgehead atoms. The first-order valence-electron chi connectivity index (χ1n) is 23.0. The Morgan fingerprint density at radius 3 is 2.34 bits per heavy atom. The van der Waals surface area contributed by atoms with Gasteiger partial charge in [0.05, 0.1) is 30.4 Å². The molecule has 2 aromatic carbocycles. The van der Waals surface area contributed by atoms with E-state index in [1.807, 2.05) is 24.3 Å². The topological polar surface area (TPSA) is 162 Å². The Balaban J connectivity index is 1.11. The molecule has 12 nitrogen and oxygen atoms in total. The molecule has 3 N–H and O–H groups in total. The van der Waals surface area contributed by atoms with Crippen molar-refractivity contribution in [3.8, 4) is 0 Å². The van der Waals surface area contributed by atoms with Gasteiger partial charge in [0.25, 0.3) is 5.91 Å². The largest absolute Gasteiger partial charge is 0.460 e. The highest BCUT2D eigenvalue weighted by atomic mass is 16.8. The molecule has 2 heterocycles. The number of aliphatic hydroxyl groups is 1. The minimum atomic E-state index is -0.836. The summed E-state index contributed by atoms with van der Waals surface area (Å²) in [5.74, 6) is -1.98. The van der Waals surface area contributed by atoms with E-state index in [2.05, 4.69) is 36.6 Å². The van der Waals surface area contributed by atoms with E-state index < -0.39 is 53.6 Å². The number of benzene rings is 2. The molecular formula is C50H68N2O10. The lowest BCUT2D eigenvalue weighted by Crippen LogP contribution is -2.43. The number of amides is 2. The molecule has 2 aliphatic heterocycles. The molecule has 1 saturated carbocycles. The van der Waals surface area contributed by atoms with E-state index in [0.717, 1.165) is 63.4 Å². The molecule has 0 spiro atoms.